The van der Waals surface area contributed by atoms with Crippen molar-refractivity contribution in [1.82, 2.24) is 4.90 Å². The zero-order valence-corrected chi connectivity index (χ0v) is 21.6. The Kier molecular flexibility index (Phi) is 6.40. The van der Waals surface area contributed by atoms with Crippen LogP contribution in [0.15, 0.2) is 35.1 Å². The Hall–Kier alpha value is -2.82. The van der Waals surface area contributed by atoms with Crippen LogP contribution in [0.25, 0.3) is 5.76 Å². The Balaban J connectivity index is 1.69. The van der Waals surface area contributed by atoms with E-state index in [1.165, 1.54) is 23.8 Å². The number of likely N-dealkylation sites (N-methyl/N-ethyl adjacent to an activating group) is 1. The van der Waals surface area contributed by atoms with E-state index in [2.05, 4.69) is 0 Å². The lowest BCUT2D eigenvalue weighted by Crippen LogP contribution is -2.66. The molecule has 0 saturated heterocycles. The number of amides is 1. The molecule has 0 radical (unpaired) electrons. The molecule has 4 aliphatic carbocycles. The van der Waals surface area contributed by atoms with Gasteiger partial charge in [-0.15, -0.1) is 0 Å². The number of aliphatic hydroxyl groups is 3. The Bertz CT molecular complexity index is 1250. The van der Waals surface area contributed by atoms with Gasteiger partial charge in [-0.05, 0) is 50.9 Å². The van der Waals surface area contributed by atoms with Crippen molar-refractivity contribution in [2.75, 3.05) is 19.8 Å². The van der Waals surface area contributed by atoms with Crippen molar-refractivity contribution in [3.63, 3.8) is 0 Å². The number of benzene rings is 1. The van der Waals surface area contributed by atoms with Crippen molar-refractivity contribution in [1.29, 1.82) is 0 Å². The molecule has 9 nitrogen and oxygen atoms in total. The highest BCUT2D eigenvalue weighted by atomic mass is 32.2. The fraction of sp³-hybridized carbons (Fsp3) is 0.519. The molecular weight excluding hydrogens is 496 g/mol. The first-order valence-electron chi connectivity index (χ1n) is 12.6. The third-order valence-electron chi connectivity index (χ3n) is 8.57. The van der Waals surface area contributed by atoms with Crippen LogP contribution in [-0.2, 0) is 14.4 Å². The number of nitrogens with two attached hydrogens (primary N) is 1. The molecule has 1 aromatic carbocycles. The van der Waals surface area contributed by atoms with Gasteiger partial charge in [0.1, 0.15) is 22.8 Å². The van der Waals surface area contributed by atoms with Gasteiger partial charge in [-0.3, -0.25) is 19.3 Å². The van der Waals surface area contributed by atoms with E-state index >= 15 is 0 Å². The monoisotopic (exact) mass is 528 g/mol. The summed E-state index contributed by atoms with van der Waals surface area (Å²) in [5.74, 6) is -6.01. The molecule has 6 N–H and O–H groups in total. The van der Waals surface area contributed by atoms with E-state index in [4.69, 9.17) is 5.73 Å². The molecule has 0 aromatic heterocycles. The molecule has 0 unspecified atom stereocenters. The third kappa shape index (κ3) is 3.72. The highest BCUT2D eigenvalue weighted by molar-refractivity contribution is 7.99. The van der Waals surface area contributed by atoms with Gasteiger partial charge in [0.2, 0.25) is 5.78 Å². The van der Waals surface area contributed by atoms with Gasteiger partial charge in [0.05, 0.1) is 11.6 Å². The van der Waals surface area contributed by atoms with Crippen LogP contribution >= 0.6 is 11.8 Å². The van der Waals surface area contributed by atoms with Crippen LogP contribution in [0.5, 0.6) is 5.75 Å². The fourth-order valence-electron chi connectivity index (χ4n) is 6.84. The minimum atomic E-state index is -2.63. The van der Waals surface area contributed by atoms with Crippen molar-refractivity contribution in [2.24, 2.45) is 17.6 Å². The Morgan fingerprint density at radius 2 is 1.84 bits per heavy atom. The molecule has 0 spiro atoms. The van der Waals surface area contributed by atoms with E-state index in [0.717, 1.165) is 12.8 Å². The van der Waals surface area contributed by atoms with Crippen molar-refractivity contribution in [3.8, 4) is 5.75 Å². The highest BCUT2D eigenvalue weighted by Gasteiger charge is 2.65. The van der Waals surface area contributed by atoms with E-state index in [0.29, 0.717) is 16.6 Å². The quantitative estimate of drug-likeness (QED) is 0.361. The molecule has 0 aliphatic heterocycles. The largest absolute Gasteiger partial charge is 0.508 e. The number of carbonyl (C=O) groups excluding carboxylic acids is 3. The molecule has 37 heavy (non-hydrogen) atoms. The summed E-state index contributed by atoms with van der Waals surface area (Å²) in [7, 11) is 3.19. The summed E-state index contributed by atoms with van der Waals surface area (Å²) in [6, 6.07) is 3.85. The van der Waals surface area contributed by atoms with Crippen LogP contribution in [0.2, 0.25) is 0 Å². The number of phenols is 1. The minimum absolute atomic E-state index is 0.0946. The number of nitrogens with zero attached hydrogens (tertiary/aromatic N) is 1. The number of primary amides is 1. The average Bonchev–Trinajstić information content (AvgIpc) is 3.34. The number of hydrogen-bond acceptors (Lipinski definition) is 9. The van der Waals surface area contributed by atoms with E-state index in [1.807, 2.05) is 6.07 Å². The first-order valence-corrected chi connectivity index (χ1v) is 13.6. The lowest BCUT2D eigenvalue weighted by atomic mass is 9.55. The summed E-state index contributed by atoms with van der Waals surface area (Å²) in [6.45, 7) is 0. The second-order valence-electron chi connectivity index (χ2n) is 10.8. The van der Waals surface area contributed by atoms with Gasteiger partial charge in [0, 0.05) is 28.4 Å². The van der Waals surface area contributed by atoms with Crippen LogP contribution in [0.3, 0.4) is 0 Å². The molecule has 1 amide bonds. The molecule has 1 aromatic rings. The smallest absolute Gasteiger partial charge is 0.255 e. The summed E-state index contributed by atoms with van der Waals surface area (Å²) in [6.07, 6.45) is 4.65. The van der Waals surface area contributed by atoms with Gasteiger partial charge in [-0.2, -0.15) is 11.8 Å². The van der Waals surface area contributed by atoms with E-state index in [1.54, 1.807) is 31.9 Å². The fourth-order valence-corrected chi connectivity index (χ4v) is 8.40. The molecule has 0 bridgehead atoms. The second-order valence-corrected chi connectivity index (χ2v) is 12.1. The Morgan fingerprint density at radius 3 is 2.46 bits per heavy atom. The average molecular weight is 529 g/mol. The van der Waals surface area contributed by atoms with Crippen molar-refractivity contribution in [2.45, 2.75) is 54.9 Å². The lowest BCUT2D eigenvalue weighted by Gasteiger charge is -2.51. The number of Topliss-reactive ketones (excluding diaryl/α,β-unsaturated/α-hetero) is 2. The number of hydrogen-bond donors (Lipinski definition) is 5. The zero-order valence-electron chi connectivity index (χ0n) is 20.8. The van der Waals surface area contributed by atoms with Gasteiger partial charge in [-0.25, -0.2) is 0 Å². The van der Waals surface area contributed by atoms with Gasteiger partial charge in [0.25, 0.3) is 5.91 Å². The number of fused-ring (bicyclic) bond motifs is 3. The summed E-state index contributed by atoms with van der Waals surface area (Å²) in [4.78, 5) is 41.0. The normalized spacial score (nSPS) is 32.0. The predicted octanol–water partition coefficient (Wildman–Crippen LogP) is 2.18. The molecular formula is C27H32N2O7S. The molecule has 2 fully saturated rings. The Morgan fingerprint density at radius 1 is 1.16 bits per heavy atom. The van der Waals surface area contributed by atoms with E-state index < -0.39 is 58.0 Å². The number of rotatable bonds is 5. The van der Waals surface area contributed by atoms with Crippen LogP contribution in [0.4, 0.5) is 0 Å². The van der Waals surface area contributed by atoms with Crippen LogP contribution < -0.4 is 5.73 Å². The van der Waals surface area contributed by atoms with Gasteiger partial charge in [0.15, 0.2) is 11.4 Å². The summed E-state index contributed by atoms with van der Waals surface area (Å²) in [5, 5.41) is 45.2. The van der Waals surface area contributed by atoms with Gasteiger partial charge in [-0.1, -0.05) is 25.0 Å². The van der Waals surface area contributed by atoms with Crippen molar-refractivity contribution >= 4 is 35.0 Å². The number of aliphatic hydroxyl groups excluding tert-OH is 2. The molecule has 2 saturated carbocycles. The number of ketones is 2. The maximum Gasteiger partial charge on any atom is 0.255 e. The molecule has 5 rings (SSSR count). The van der Waals surface area contributed by atoms with Crippen molar-refractivity contribution in [3.05, 3.63) is 46.2 Å². The van der Waals surface area contributed by atoms with Crippen molar-refractivity contribution < 1.29 is 34.8 Å². The first kappa shape index (κ1) is 25.8. The van der Waals surface area contributed by atoms with Crippen LogP contribution in [0.1, 0.15) is 49.1 Å². The summed E-state index contributed by atoms with van der Waals surface area (Å²) >= 11 is 1.80. The number of phenolic OH excluding ortho intramolecular Hbond substituents is 1. The molecule has 0 heterocycles. The van der Waals surface area contributed by atoms with Crippen LogP contribution in [-0.4, -0.2) is 79.5 Å². The van der Waals surface area contributed by atoms with Gasteiger partial charge >= 0.3 is 0 Å². The summed E-state index contributed by atoms with van der Waals surface area (Å²) < 4.78 is 0. The Labute approximate surface area is 219 Å². The second kappa shape index (κ2) is 9.18. The molecule has 10 heteroatoms. The zero-order chi connectivity index (χ0) is 26.8. The SMILES string of the molecule is CN(C)[C@@H]1C(=O)C(C(N)=O)=C(O)[C@@]2(O)C(=O)C3=C(O)c4c(O)cccc4[C@H](CSC4CCCC4)[C@H]3C[C@@H]12. The minimum Gasteiger partial charge on any atom is -0.508 e. The van der Waals surface area contributed by atoms with E-state index in [-0.39, 0.29) is 29.2 Å². The molecule has 4 aliphatic rings. The number of carbonyl (C=O) groups is 3. The third-order valence-corrected chi connectivity index (χ3v) is 10.1. The lowest BCUT2D eigenvalue weighted by molar-refractivity contribution is -0.154. The number of thioether (sulfide) groups is 1. The number of aromatic hydroxyl groups is 1. The molecule has 5 atom stereocenters. The predicted molar refractivity (Wildman–Crippen MR) is 138 cm³/mol. The standard InChI is InChI=1S/C27H32N2O7S/c1-29(2)21-16-10-14-15(11-37-12-6-3-4-7-12)13-8-5-9-17(30)18(13)22(31)19(14)24(33)27(16,36)25(34)20(23(21)32)26(28)35/h5,8-9,12,14-16,21,30-31,34,36H,3-4,6-7,10-11H2,1-2H3,(H2,28,35)/t14-,15+,16+,21+,27+/m1/s1. The highest BCUT2D eigenvalue weighted by Crippen LogP contribution is 2.56. The summed E-state index contributed by atoms with van der Waals surface area (Å²) in [5.41, 5.74) is 2.68. The van der Waals surface area contributed by atoms with Crippen LogP contribution in [0, 0.1) is 11.8 Å². The first-order chi connectivity index (χ1) is 17.5. The molecule has 198 valence electrons. The van der Waals surface area contributed by atoms with Gasteiger partial charge < -0.3 is 26.2 Å². The van der Waals surface area contributed by atoms with E-state index in [9.17, 15) is 34.8 Å². The maximum absolute atomic E-state index is 14.1. The topological polar surface area (TPSA) is 161 Å². The maximum atomic E-state index is 14.1.